The topological polar surface area (TPSA) is 769 Å². The van der Waals surface area contributed by atoms with E-state index in [1.54, 1.807) is 0 Å². The van der Waals surface area contributed by atoms with Crippen molar-refractivity contribution in [3.63, 3.8) is 0 Å². The van der Waals surface area contributed by atoms with Gasteiger partial charge in [0.15, 0.2) is 16.8 Å². The molecule has 0 aliphatic carbocycles. The normalized spacial score (nSPS) is 11.4. The van der Waals surface area contributed by atoms with E-state index < -0.39 is 156 Å². The largest absolute Gasteiger partial charge is 3.00 e. The summed E-state index contributed by atoms with van der Waals surface area (Å²) in [6.45, 7) is 0. The number of hydrogen-bond acceptors (Lipinski definition) is 21. The molecule has 0 saturated heterocycles. The molecule has 4 radical (unpaired) electrons. The van der Waals surface area contributed by atoms with E-state index in [2.05, 4.69) is 12.9 Å². The van der Waals surface area contributed by atoms with Crippen LogP contribution >= 0.6 is 46.9 Å². The fraction of sp³-hybridized carbons (Fsp3) is 0.500. The van der Waals surface area contributed by atoms with Crippen molar-refractivity contribution in [2.45, 2.75) is 55.3 Å². The van der Waals surface area contributed by atoms with Crippen LogP contribution in [0.25, 0.3) is 0 Å². The maximum Gasteiger partial charge on any atom is 3.00 e. The van der Waals surface area contributed by atoms with Crippen LogP contribution in [-0.2, 0) is 152 Å². The molecule has 0 aliphatic rings. The molecule has 0 rings (SSSR count). The third kappa shape index (κ3) is 68.0. The number of phosphoric acid groups is 6. The van der Waals surface area contributed by atoms with Crippen LogP contribution in [0.2, 0.25) is 0 Å². The van der Waals surface area contributed by atoms with Gasteiger partial charge in [0.05, 0.1) is 38.5 Å². The molecular formula is C18H36Fe4O42P6+12. The number of carboxylic acids is 9. The Hall–Kier alpha value is -2.03. The van der Waals surface area contributed by atoms with Crippen LogP contribution in [0.3, 0.4) is 0 Å². The molecule has 0 atom stereocenters. The van der Waals surface area contributed by atoms with Crippen LogP contribution in [0.5, 0.6) is 0 Å². The molecule has 0 aromatic rings. The summed E-state index contributed by atoms with van der Waals surface area (Å²) in [4.78, 5) is 184. The zero-order valence-corrected chi connectivity index (χ0v) is 42.2. The van der Waals surface area contributed by atoms with Crippen molar-refractivity contribution in [2.24, 2.45) is 0 Å². The quantitative estimate of drug-likeness (QED) is 0.0376. The van der Waals surface area contributed by atoms with E-state index in [9.17, 15) is 70.5 Å². The second-order valence-corrected chi connectivity index (χ2v) is 18.5. The molecule has 0 saturated carbocycles. The summed E-state index contributed by atoms with van der Waals surface area (Å²) in [6.07, 6.45) is -6.87. The molecular weight excluding hydrogens is 1300 g/mol. The van der Waals surface area contributed by atoms with Crippen molar-refractivity contribution in [3.8, 4) is 0 Å². The molecule has 42 nitrogen and oxygen atoms in total. The maximum atomic E-state index is 10.3. The van der Waals surface area contributed by atoms with Gasteiger partial charge in [0.1, 0.15) is 0 Å². The first kappa shape index (κ1) is 90.7. The van der Waals surface area contributed by atoms with E-state index in [1.807, 2.05) is 0 Å². The molecule has 410 valence electrons. The molecule has 70 heavy (non-hydrogen) atoms. The second kappa shape index (κ2) is 37.7. The minimum absolute atomic E-state index is 0. The van der Waals surface area contributed by atoms with Crippen molar-refractivity contribution >= 4 is 101 Å². The van der Waals surface area contributed by atoms with Gasteiger partial charge in [0, 0.05) is 0 Å². The second-order valence-electron chi connectivity index (χ2n) is 10.6. The van der Waals surface area contributed by atoms with Crippen LogP contribution in [-0.4, -0.2) is 191 Å². The van der Waals surface area contributed by atoms with Crippen LogP contribution in [0.1, 0.15) is 38.5 Å². The standard InChI is InChI=1S/3C6H8O7.4Fe.3H4O7P2/c3*7-3(8)1-6(13,5(11)12)2-4(9)10;;;;;3*1-8(2,3)7-9(4,5)6/h3*13H,1-2H2,(H,7,8)(H,9,10)(H,11,12);;;;;3*(H2,1,2,3)(H2,4,5,6)/q;;;4*+3;;;. The predicted octanol–water partition coefficient (Wildman–Crippen LogP) is -6.19. The zero-order valence-electron chi connectivity index (χ0n) is 32.4. The van der Waals surface area contributed by atoms with E-state index in [1.165, 1.54) is 0 Å². The van der Waals surface area contributed by atoms with Gasteiger partial charge in [0.25, 0.3) is 0 Å². The average molecular weight is 1330 g/mol. The molecule has 0 aromatic carbocycles. The summed E-state index contributed by atoms with van der Waals surface area (Å²) in [7, 11) is -30.3. The summed E-state index contributed by atoms with van der Waals surface area (Å²) >= 11 is 0. The summed E-state index contributed by atoms with van der Waals surface area (Å²) in [5.74, 6) is -15.1. The Labute approximate surface area is 426 Å². The molecule has 0 amide bonds. The monoisotopic (exact) mass is 1330 g/mol. The molecule has 0 heterocycles. The Morgan fingerprint density at radius 2 is 0.357 bits per heavy atom. The Kier molecular flexibility index (Phi) is 48.8. The smallest absolute Gasteiger partial charge is 0.481 e. The SMILES string of the molecule is O=C(O)CC(O)(CC(=O)O)C(=O)O.O=C(O)CC(O)(CC(=O)O)C(=O)O.O=C(O)CC(O)(CC(=O)O)C(=O)O.O=P(O)(O)OP(=O)(O)O.O=P(O)(O)OP(=O)(O)O.O=P(O)(O)OP(=O)(O)O.[Fe+3].[Fe+3].[Fe+3].[Fe+3]. The van der Waals surface area contributed by atoms with Gasteiger partial charge >= 0.3 is 169 Å². The van der Waals surface area contributed by atoms with Crippen molar-refractivity contribution in [1.29, 1.82) is 0 Å². The number of rotatable bonds is 21. The molecule has 0 spiro atoms. The first-order valence-corrected chi connectivity index (χ1v) is 23.3. The Morgan fingerprint density at radius 1 is 0.271 bits per heavy atom. The number of carboxylic acid groups (broad SMARTS) is 9. The third-order valence-corrected chi connectivity index (χ3v) is 9.60. The maximum absolute atomic E-state index is 10.3. The number of hydrogen-bond donors (Lipinski definition) is 24. The molecule has 0 fully saturated rings. The first-order chi connectivity index (χ1) is 28.5. The van der Waals surface area contributed by atoms with Crippen LogP contribution in [0, 0.1) is 0 Å². The average Bonchev–Trinajstić information content (AvgIpc) is 2.90. The fourth-order valence-electron chi connectivity index (χ4n) is 2.56. The van der Waals surface area contributed by atoms with E-state index >= 15 is 0 Å². The molecule has 0 aromatic heterocycles. The zero-order chi connectivity index (χ0) is 55.1. The van der Waals surface area contributed by atoms with Gasteiger partial charge in [-0.25, -0.2) is 41.8 Å². The summed E-state index contributed by atoms with van der Waals surface area (Å²) in [5.41, 5.74) is -8.22. The van der Waals surface area contributed by atoms with Gasteiger partial charge in [-0.05, 0) is 0 Å². The minimum Gasteiger partial charge on any atom is -0.481 e. The van der Waals surface area contributed by atoms with Crippen LogP contribution < -0.4 is 0 Å². The molecule has 0 aliphatic heterocycles. The molecule has 0 bridgehead atoms. The fourth-order valence-corrected chi connectivity index (χ4v) is 5.88. The molecule has 24 N–H and O–H groups in total. The summed E-state index contributed by atoms with van der Waals surface area (Å²) in [6, 6.07) is 0. The van der Waals surface area contributed by atoms with Gasteiger partial charge < -0.3 is 120 Å². The third-order valence-electron chi connectivity index (χ3n) is 4.49. The first-order valence-electron chi connectivity index (χ1n) is 14.1. The Morgan fingerprint density at radius 3 is 0.386 bits per heavy atom. The minimum atomic E-state index is -5.05. The number of aliphatic hydroxyl groups is 3. The van der Waals surface area contributed by atoms with Gasteiger partial charge in [-0.1, -0.05) is 0 Å². The van der Waals surface area contributed by atoms with Gasteiger partial charge in [-0.3, -0.25) is 28.8 Å². The van der Waals surface area contributed by atoms with E-state index in [0.29, 0.717) is 0 Å². The van der Waals surface area contributed by atoms with Crippen molar-refractivity contribution < 1.29 is 272 Å². The van der Waals surface area contributed by atoms with Gasteiger partial charge in [0.2, 0.25) is 0 Å². The number of carbonyl (C=O) groups is 9. The predicted molar refractivity (Wildman–Crippen MR) is 187 cm³/mol. The van der Waals surface area contributed by atoms with Gasteiger partial charge in [-0.2, -0.15) is 12.9 Å². The van der Waals surface area contributed by atoms with Crippen molar-refractivity contribution in [3.05, 3.63) is 0 Å². The Balaban J connectivity index is -0.0000000769. The van der Waals surface area contributed by atoms with E-state index in [0.717, 1.165) is 0 Å². The number of aliphatic carboxylic acids is 9. The summed E-state index contributed by atoms with van der Waals surface area (Å²) < 4.78 is 66.6. The summed E-state index contributed by atoms with van der Waals surface area (Å²) in [5, 5.41) is 101. The van der Waals surface area contributed by atoms with E-state index in [4.69, 9.17) is 120 Å². The van der Waals surface area contributed by atoms with Crippen molar-refractivity contribution in [2.75, 3.05) is 0 Å². The molecule has 52 heteroatoms. The van der Waals surface area contributed by atoms with Crippen molar-refractivity contribution in [1.82, 2.24) is 0 Å². The van der Waals surface area contributed by atoms with E-state index in [-0.39, 0.29) is 68.3 Å². The molecule has 0 unspecified atom stereocenters. The van der Waals surface area contributed by atoms with Crippen LogP contribution in [0.4, 0.5) is 0 Å². The van der Waals surface area contributed by atoms with Gasteiger partial charge in [-0.15, -0.1) is 0 Å². The van der Waals surface area contributed by atoms with Crippen LogP contribution in [0.15, 0.2) is 0 Å². The Bertz CT molecular complexity index is 1670.